The van der Waals surface area contributed by atoms with Gasteiger partial charge in [0, 0.05) is 88.3 Å². The van der Waals surface area contributed by atoms with Crippen molar-refractivity contribution in [2.75, 3.05) is 50.0 Å². The molecule has 0 aliphatic carbocycles. The molecule has 7 heterocycles. The molecule has 3 saturated heterocycles. The third-order valence-electron chi connectivity index (χ3n) is 11.9. The average molecular weight is 772 g/mol. The van der Waals surface area contributed by atoms with Gasteiger partial charge in [-0.05, 0) is 83.2 Å². The second kappa shape index (κ2) is 15.5. The van der Waals surface area contributed by atoms with Gasteiger partial charge in [-0.25, -0.2) is 14.8 Å². The van der Waals surface area contributed by atoms with Gasteiger partial charge >= 0.3 is 5.69 Å². The minimum Gasteiger partial charge on any atom is -0.382 e. The molecule has 0 radical (unpaired) electrons. The fraction of sp³-hybridized carbons (Fsp3) is 0.452. The van der Waals surface area contributed by atoms with Crippen molar-refractivity contribution < 1.29 is 14.4 Å². The minimum absolute atomic E-state index is 0.0227. The Morgan fingerprint density at radius 1 is 1.02 bits per heavy atom. The number of anilines is 2. The Balaban J connectivity index is 0.882. The number of hydrogen-bond donors (Lipinski definition) is 2. The Kier molecular flexibility index (Phi) is 10.3. The maximum atomic E-state index is 14.0. The number of nitriles is 1. The van der Waals surface area contributed by atoms with Crippen LogP contribution in [-0.4, -0.2) is 103 Å². The number of carbonyl (C=O) groups excluding carboxylic acids is 3. The van der Waals surface area contributed by atoms with E-state index in [1.54, 1.807) is 34.6 Å². The quantitative estimate of drug-likeness (QED) is 0.208. The Hall–Kier alpha value is -6.01. The molecular weight excluding hydrogens is 723 g/mol. The highest BCUT2D eigenvalue weighted by Gasteiger charge is 2.33. The largest absolute Gasteiger partial charge is 0.382 e. The number of amides is 3. The van der Waals surface area contributed by atoms with Crippen LogP contribution >= 0.6 is 0 Å². The van der Waals surface area contributed by atoms with Crippen molar-refractivity contribution in [1.29, 1.82) is 5.26 Å². The van der Waals surface area contributed by atoms with Crippen molar-refractivity contribution in [1.82, 2.24) is 38.8 Å². The van der Waals surface area contributed by atoms with E-state index in [1.807, 2.05) is 53.8 Å². The second-order valence-corrected chi connectivity index (χ2v) is 16.0. The highest BCUT2D eigenvalue weighted by atomic mass is 16.2. The summed E-state index contributed by atoms with van der Waals surface area (Å²) in [5.74, 6) is 0.369. The lowest BCUT2D eigenvalue weighted by Gasteiger charge is -2.40. The fourth-order valence-electron chi connectivity index (χ4n) is 8.94. The van der Waals surface area contributed by atoms with Crippen molar-refractivity contribution >= 4 is 51.2 Å². The zero-order valence-corrected chi connectivity index (χ0v) is 32.9. The number of likely N-dealkylation sites (tertiary alicyclic amines) is 1. The van der Waals surface area contributed by atoms with Gasteiger partial charge in [-0.3, -0.25) is 33.4 Å². The molecule has 4 aromatic heterocycles. The molecule has 3 aliphatic heterocycles. The summed E-state index contributed by atoms with van der Waals surface area (Å²) in [5, 5.41) is 16.0. The highest BCUT2D eigenvalue weighted by molar-refractivity contribution is 6.01. The molecule has 3 aliphatic rings. The first-order chi connectivity index (χ1) is 27.5. The number of benzene rings is 1. The molecule has 1 unspecified atom stereocenters. The molecule has 0 spiro atoms. The third kappa shape index (κ3) is 7.25. The van der Waals surface area contributed by atoms with Gasteiger partial charge in [0.2, 0.25) is 11.8 Å². The molecule has 2 N–H and O–H groups in total. The van der Waals surface area contributed by atoms with Crippen LogP contribution in [0.4, 0.5) is 11.4 Å². The first-order valence-corrected chi connectivity index (χ1v) is 19.9. The molecule has 15 heteroatoms. The lowest BCUT2D eigenvalue weighted by molar-refractivity contribution is -0.135. The van der Waals surface area contributed by atoms with Crippen LogP contribution in [0.2, 0.25) is 0 Å². The van der Waals surface area contributed by atoms with Gasteiger partial charge in [-0.1, -0.05) is 6.07 Å². The van der Waals surface area contributed by atoms with Gasteiger partial charge in [-0.15, -0.1) is 0 Å². The number of carbonyl (C=O) groups is 3. The van der Waals surface area contributed by atoms with Crippen molar-refractivity contribution in [3.63, 3.8) is 0 Å². The van der Waals surface area contributed by atoms with Gasteiger partial charge in [0.15, 0.2) is 0 Å². The number of aromatic nitrogens is 5. The molecule has 3 amide bonds. The number of rotatable bonds is 9. The number of imide groups is 1. The number of fused-ring (bicyclic) bond motifs is 2. The molecule has 0 bridgehead atoms. The normalized spacial score (nSPS) is 18.5. The first kappa shape index (κ1) is 37.9. The minimum atomic E-state index is -0.710. The molecule has 1 aromatic carbocycles. The Morgan fingerprint density at radius 2 is 1.79 bits per heavy atom. The maximum Gasteiger partial charge on any atom is 0.329 e. The van der Waals surface area contributed by atoms with E-state index in [1.165, 1.54) is 0 Å². The van der Waals surface area contributed by atoms with E-state index in [4.69, 9.17) is 4.98 Å². The smallest absolute Gasteiger partial charge is 0.329 e. The van der Waals surface area contributed by atoms with Crippen molar-refractivity contribution in [2.24, 2.45) is 13.0 Å². The van der Waals surface area contributed by atoms with Gasteiger partial charge in [0.1, 0.15) is 23.6 Å². The van der Waals surface area contributed by atoms with E-state index < -0.39 is 11.9 Å². The van der Waals surface area contributed by atoms with Crippen molar-refractivity contribution in [3.8, 4) is 11.9 Å². The summed E-state index contributed by atoms with van der Waals surface area (Å²) in [5.41, 5.74) is 4.71. The SMILES string of the molecule is CC(C)Nc1cc(-n2ccc3cc(C#N)cnc32)ncc1C(=O)N1CCC(CN(C)C2CCN(c3cccc4c3n(C)c(=O)n4C3CCC(=O)NC3=O)CC2)CC1. The van der Waals surface area contributed by atoms with E-state index in [0.29, 0.717) is 59.6 Å². The number of nitrogens with one attached hydrogen (secondary N) is 2. The number of aryl methyl sites for hydroxylation is 1. The molecule has 5 aromatic rings. The van der Waals surface area contributed by atoms with Gasteiger partial charge in [-0.2, -0.15) is 5.26 Å². The molecular formula is C42H49N11O4. The van der Waals surface area contributed by atoms with Crippen LogP contribution in [0.15, 0.2) is 59.8 Å². The van der Waals surface area contributed by atoms with Crippen LogP contribution in [0.3, 0.4) is 0 Å². The molecule has 57 heavy (non-hydrogen) atoms. The lowest BCUT2D eigenvalue weighted by atomic mass is 9.94. The second-order valence-electron chi connectivity index (χ2n) is 16.0. The van der Waals surface area contributed by atoms with Crippen molar-refractivity contribution in [2.45, 2.75) is 70.5 Å². The summed E-state index contributed by atoms with van der Waals surface area (Å²) in [6.07, 6.45) is 9.44. The molecule has 296 valence electrons. The Bertz CT molecular complexity index is 2460. The molecule has 3 fully saturated rings. The maximum absolute atomic E-state index is 14.0. The topological polar surface area (TPSA) is 166 Å². The Labute approximate surface area is 330 Å². The first-order valence-electron chi connectivity index (χ1n) is 19.9. The van der Waals surface area contributed by atoms with Crippen LogP contribution in [0, 0.1) is 17.2 Å². The summed E-state index contributed by atoms with van der Waals surface area (Å²) < 4.78 is 5.05. The summed E-state index contributed by atoms with van der Waals surface area (Å²) in [7, 11) is 3.97. The van der Waals surface area contributed by atoms with E-state index in [9.17, 15) is 24.4 Å². The summed E-state index contributed by atoms with van der Waals surface area (Å²) >= 11 is 0. The highest BCUT2D eigenvalue weighted by Crippen LogP contribution is 2.33. The zero-order valence-electron chi connectivity index (χ0n) is 32.9. The number of para-hydroxylation sites is 1. The number of hydrogen-bond acceptors (Lipinski definition) is 10. The lowest BCUT2D eigenvalue weighted by Crippen LogP contribution is -2.46. The fourth-order valence-corrected chi connectivity index (χ4v) is 8.94. The van der Waals surface area contributed by atoms with Crippen molar-refractivity contribution in [3.05, 3.63) is 76.6 Å². The predicted octanol–water partition coefficient (Wildman–Crippen LogP) is 4.20. The number of nitrogens with zero attached hydrogens (tertiary/aromatic N) is 9. The number of imidazole rings is 1. The van der Waals surface area contributed by atoms with E-state index in [0.717, 1.165) is 67.6 Å². The standard InChI is InChI=1S/C42H49N11O4/c1-26(2)46-32-21-36(52-19-12-29-20-28(22-43)23-45-39(29)52)44-24-31(32)41(56)51-15-10-27(11-16-51)25-48(3)30-13-17-50(18-14-30)33-6-5-7-34-38(33)49(4)42(57)53(34)35-8-9-37(54)47-40(35)55/h5-7,12,19-21,23-24,26-27,30,35H,8-11,13-18,25H2,1-4H3,(H,44,46)(H,47,54,55). The van der Waals surface area contributed by atoms with E-state index >= 15 is 0 Å². The van der Waals surface area contributed by atoms with E-state index in [-0.39, 0.29) is 30.0 Å². The predicted molar refractivity (Wildman–Crippen MR) is 217 cm³/mol. The molecule has 0 saturated carbocycles. The summed E-state index contributed by atoms with van der Waals surface area (Å²) in [6, 6.07) is 13.4. The summed E-state index contributed by atoms with van der Waals surface area (Å²) in [4.78, 5) is 67.9. The third-order valence-corrected chi connectivity index (χ3v) is 11.9. The van der Waals surface area contributed by atoms with Crippen LogP contribution in [0.25, 0.3) is 27.9 Å². The zero-order chi connectivity index (χ0) is 40.0. The van der Waals surface area contributed by atoms with Crippen LogP contribution < -0.4 is 21.2 Å². The number of pyridine rings is 2. The van der Waals surface area contributed by atoms with Gasteiger partial charge < -0.3 is 20.0 Å². The number of piperidine rings is 3. The van der Waals surface area contributed by atoms with Crippen LogP contribution in [-0.2, 0) is 16.6 Å². The molecule has 8 rings (SSSR count). The van der Waals surface area contributed by atoms with E-state index in [2.05, 4.69) is 44.6 Å². The monoisotopic (exact) mass is 771 g/mol. The van der Waals surface area contributed by atoms with Crippen LogP contribution in [0.5, 0.6) is 0 Å². The average Bonchev–Trinajstić information content (AvgIpc) is 3.75. The molecule has 1 atom stereocenters. The summed E-state index contributed by atoms with van der Waals surface area (Å²) in [6.45, 7) is 8.12. The Morgan fingerprint density at radius 3 is 2.51 bits per heavy atom. The van der Waals surface area contributed by atoms with Gasteiger partial charge in [0.25, 0.3) is 5.91 Å². The molecule has 15 nitrogen and oxygen atoms in total. The van der Waals surface area contributed by atoms with Crippen LogP contribution in [0.1, 0.15) is 74.3 Å². The van der Waals surface area contributed by atoms with Gasteiger partial charge in [0.05, 0.1) is 33.5 Å².